The number of hydrogen-bond acceptors (Lipinski definition) is 3. The van der Waals surface area contributed by atoms with Gasteiger partial charge in [-0.25, -0.2) is 4.39 Å². The predicted octanol–water partition coefficient (Wildman–Crippen LogP) is 3.28. The van der Waals surface area contributed by atoms with Crippen LogP contribution in [0, 0.1) is 5.82 Å². The van der Waals surface area contributed by atoms with Crippen molar-refractivity contribution >= 4 is 0 Å². The molecule has 1 aromatic heterocycles. The Balaban J connectivity index is 1.79. The van der Waals surface area contributed by atoms with E-state index in [1.165, 1.54) is 11.6 Å². The molecule has 21 heavy (non-hydrogen) atoms. The van der Waals surface area contributed by atoms with Gasteiger partial charge in [-0.2, -0.15) is 0 Å². The highest BCUT2D eigenvalue weighted by molar-refractivity contribution is 5.59. The van der Waals surface area contributed by atoms with Crippen molar-refractivity contribution in [3.63, 3.8) is 0 Å². The van der Waals surface area contributed by atoms with Crippen molar-refractivity contribution in [1.29, 1.82) is 0 Å². The fourth-order valence-corrected chi connectivity index (χ4v) is 2.69. The minimum Gasteiger partial charge on any atom is -0.379 e. The van der Waals surface area contributed by atoms with E-state index in [-0.39, 0.29) is 5.82 Å². The number of ether oxygens (including phenoxy) is 1. The van der Waals surface area contributed by atoms with Crippen molar-refractivity contribution in [2.75, 3.05) is 26.3 Å². The summed E-state index contributed by atoms with van der Waals surface area (Å²) in [5, 5.41) is 0. The molecule has 0 bridgehead atoms. The van der Waals surface area contributed by atoms with Crippen LogP contribution in [0.4, 0.5) is 4.39 Å². The van der Waals surface area contributed by atoms with Crippen LogP contribution >= 0.6 is 0 Å². The molecule has 0 amide bonds. The molecule has 0 aliphatic carbocycles. The summed E-state index contributed by atoms with van der Waals surface area (Å²) in [6.45, 7) is 5.69. The molecular formula is C17H19FN2O. The van der Waals surface area contributed by atoms with E-state index in [4.69, 9.17) is 4.74 Å². The Morgan fingerprint density at radius 1 is 1.14 bits per heavy atom. The largest absolute Gasteiger partial charge is 0.379 e. The van der Waals surface area contributed by atoms with Gasteiger partial charge < -0.3 is 4.74 Å². The zero-order valence-electron chi connectivity index (χ0n) is 12.1. The predicted molar refractivity (Wildman–Crippen MR) is 80.4 cm³/mol. The second-order valence-corrected chi connectivity index (χ2v) is 5.28. The summed E-state index contributed by atoms with van der Waals surface area (Å²) in [4.78, 5) is 6.51. The van der Waals surface area contributed by atoms with E-state index < -0.39 is 0 Å². The maximum atomic E-state index is 13.7. The Bertz CT molecular complexity index is 594. The van der Waals surface area contributed by atoms with Crippen molar-refractivity contribution in [2.45, 2.75) is 13.0 Å². The monoisotopic (exact) mass is 286 g/mol. The third kappa shape index (κ3) is 3.12. The van der Waals surface area contributed by atoms with Gasteiger partial charge in [0.15, 0.2) is 0 Å². The molecule has 4 heteroatoms. The molecule has 0 unspecified atom stereocenters. The van der Waals surface area contributed by atoms with Gasteiger partial charge in [-0.1, -0.05) is 24.3 Å². The Morgan fingerprint density at radius 2 is 1.86 bits per heavy atom. The highest BCUT2D eigenvalue weighted by Crippen LogP contribution is 2.25. The number of nitrogens with zero attached hydrogens (tertiary/aromatic N) is 2. The average molecular weight is 286 g/mol. The molecule has 3 nitrogen and oxygen atoms in total. The zero-order chi connectivity index (χ0) is 14.7. The molecule has 0 spiro atoms. The molecule has 1 aliphatic rings. The minimum absolute atomic E-state index is 0.286. The van der Waals surface area contributed by atoms with Crippen LogP contribution in [0.3, 0.4) is 0 Å². The van der Waals surface area contributed by atoms with Crippen LogP contribution in [0.25, 0.3) is 11.3 Å². The van der Waals surface area contributed by atoms with Gasteiger partial charge in [-0.15, -0.1) is 0 Å². The van der Waals surface area contributed by atoms with Crippen molar-refractivity contribution in [2.24, 2.45) is 0 Å². The molecule has 2 heterocycles. The molecule has 110 valence electrons. The van der Waals surface area contributed by atoms with Crippen molar-refractivity contribution in [3.05, 3.63) is 54.0 Å². The lowest BCUT2D eigenvalue weighted by atomic mass is 10.0. The molecule has 1 aromatic carbocycles. The van der Waals surface area contributed by atoms with Crippen molar-refractivity contribution < 1.29 is 9.13 Å². The van der Waals surface area contributed by atoms with Gasteiger partial charge >= 0.3 is 0 Å². The fourth-order valence-electron chi connectivity index (χ4n) is 2.69. The third-order valence-electron chi connectivity index (χ3n) is 4.02. The van der Waals surface area contributed by atoms with Gasteiger partial charge in [0.2, 0.25) is 0 Å². The summed E-state index contributed by atoms with van der Waals surface area (Å²) in [5.74, 6) is -0.286. The number of morpholine rings is 1. The number of rotatable bonds is 3. The first-order valence-electron chi connectivity index (χ1n) is 7.28. The first kappa shape index (κ1) is 14.2. The Kier molecular flexibility index (Phi) is 4.27. The van der Waals surface area contributed by atoms with E-state index in [2.05, 4.69) is 28.9 Å². The summed E-state index contributed by atoms with van der Waals surface area (Å²) in [6.07, 6.45) is 1.61. The molecule has 0 N–H and O–H groups in total. The molecule has 1 aliphatic heterocycles. The number of benzene rings is 1. The standard InChI is InChI=1S/C17H19FN2O/c1-13(20-9-11-21-12-10-20)14-4-6-15(7-5-14)17-16(18)3-2-8-19-17/h2-8,13H,9-12H2,1H3/t13-/m0/s1. The number of halogens is 1. The normalized spacial score (nSPS) is 17.6. The minimum atomic E-state index is -0.286. The second kappa shape index (κ2) is 6.33. The summed E-state index contributed by atoms with van der Waals surface area (Å²) < 4.78 is 19.1. The van der Waals surface area contributed by atoms with Crippen molar-refractivity contribution in [3.8, 4) is 11.3 Å². The molecular weight excluding hydrogens is 267 g/mol. The Labute approximate surface area is 124 Å². The first-order chi connectivity index (χ1) is 10.3. The summed E-state index contributed by atoms with van der Waals surface area (Å²) in [5.41, 5.74) is 2.45. The molecule has 2 aromatic rings. The van der Waals surface area contributed by atoms with Gasteiger partial charge in [0, 0.05) is 30.9 Å². The van der Waals surface area contributed by atoms with E-state index in [1.54, 1.807) is 12.3 Å². The fraction of sp³-hybridized carbons (Fsp3) is 0.353. The van der Waals surface area contributed by atoms with Crippen LogP contribution < -0.4 is 0 Å². The average Bonchev–Trinajstić information content (AvgIpc) is 2.56. The van der Waals surface area contributed by atoms with E-state index in [0.29, 0.717) is 11.7 Å². The molecule has 1 fully saturated rings. The van der Waals surface area contributed by atoms with Crippen LogP contribution in [-0.2, 0) is 4.74 Å². The van der Waals surface area contributed by atoms with Crippen LogP contribution in [0.2, 0.25) is 0 Å². The maximum Gasteiger partial charge on any atom is 0.149 e. The van der Waals surface area contributed by atoms with Crippen molar-refractivity contribution in [1.82, 2.24) is 9.88 Å². The van der Waals surface area contributed by atoms with Gasteiger partial charge in [0.25, 0.3) is 0 Å². The molecule has 3 rings (SSSR count). The molecule has 1 atom stereocenters. The second-order valence-electron chi connectivity index (χ2n) is 5.28. The number of aromatic nitrogens is 1. The van der Waals surface area contributed by atoms with E-state index in [9.17, 15) is 4.39 Å². The quantitative estimate of drug-likeness (QED) is 0.866. The van der Waals surface area contributed by atoms with Gasteiger partial charge in [-0.05, 0) is 24.6 Å². The highest BCUT2D eigenvalue weighted by atomic mass is 19.1. The van der Waals surface area contributed by atoms with E-state index in [1.807, 2.05) is 12.1 Å². The molecule has 0 saturated carbocycles. The Morgan fingerprint density at radius 3 is 2.52 bits per heavy atom. The SMILES string of the molecule is C[C@@H](c1ccc(-c2ncccc2F)cc1)N1CCOCC1. The molecule has 1 saturated heterocycles. The van der Waals surface area contributed by atoms with Gasteiger partial charge in [-0.3, -0.25) is 9.88 Å². The lowest BCUT2D eigenvalue weighted by molar-refractivity contribution is 0.0198. The first-order valence-corrected chi connectivity index (χ1v) is 7.28. The smallest absolute Gasteiger partial charge is 0.149 e. The van der Waals surface area contributed by atoms with Gasteiger partial charge in [0.05, 0.1) is 13.2 Å². The lowest BCUT2D eigenvalue weighted by Gasteiger charge is -2.32. The summed E-state index contributed by atoms with van der Waals surface area (Å²) in [7, 11) is 0. The van der Waals surface area contributed by atoms with Gasteiger partial charge in [0.1, 0.15) is 11.5 Å². The zero-order valence-corrected chi connectivity index (χ0v) is 12.1. The van der Waals surface area contributed by atoms with Crippen LogP contribution in [0.1, 0.15) is 18.5 Å². The Hall–Kier alpha value is -1.78. The van der Waals surface area contributed by atoms with E-state index >= 15 is 0 Å². The summed E-state index contributed by atoms with van der Waals surface area (Å²) >= 11 is 0. The third-order valence-corrected chi connectivity index (χ3v) is 4.02. The maximum absolute atomic E-state index is 13.7. The van der Waals surface area contributed by atoms with Crippen LogP contribution in [0.15, 0.2) is 42.6 Å². The topological polar surface area (TPSA) is 25.4 Å². The van der Waals surface area contributed by atoms with Crippen LogP contribution in [0.5, 0.6) is 0 Å². The molecule has 0 radical (unpaired) electrons. The summed E-state index contributed by atoms with van der Waals surface area (Å²) in [6, 6.07) is 11.4. The number of hydrogen-bond donors (Lipinski definition) is 0. The van der Waals surface area contributed by atoms with Crippen LogP contribution in [-0.4, -0.2) is 36.2 Å². The lowest BCUT2D eigenvalue weighted by Crippen LogP contribution is -2.37. The number of pyridine rings is 1. The highest BCUT2D eigenvalue weighted by Gasteiger charge is 2.18. The van der Waals surface area contributed by atoms with E-state index in [0.717, 1.165) is 31.9 Å².